The fraction of sp³-hybridized carbons (Fsp3) is 1.00. The Labute approximate surface area is 33.0 Å². The van der Waals surface area contributed by atoms with Crippen molar-refractivity contribution in [2.24, 2.45) is 5.73 Å². The number of rotatable bonds is 1. The van der Waals surface area contributed by atoms with Crippen molar-refractivity contribution < 1.29 is 1.37 Å². The summed E-state index contributed by atoms with van der Waals surface area (Å²) in [6, 6.07) is 0. The molecule has 2 N–H and O–H groups in total. The molecule has 0 aromatic rings. The van der Waals surface area contributed by atoms with E-state index in [0.717, 1.165) is 0 Å². The van der Waals surface area contributed by atoms with E-state index >= 15 is 0 Å². The van der Waals surface area contributed by atoms with Gasteiger partial charge >= 0.3 is 0 Å². The molecule has 4 heavy (non-hydrogen) atoms. The van der Waals surface area contributed by atoms with Gasteiger partial charge < -0.3 is 5.73 Å². The highest BCUT2D eigenvalue weighted by Gasteiger charge is 1.56. The highest BCUT2D eigenvalue weighted by Crippen LogP contribution is 1.58. The van der Waals surface area contributed by atoms with Gasteiger partial charge in [0.1, 0.15) is 0 Å². The average molecular weight is 78.2 g/mol. The topological polar surface area (TPSA) is 26.0 Å². The van der Waals surface area contributed by atoms with Crippen molar-refractivity contribution in [2.45, 2.75) is 0 Å². The molecule has 0 bridgehead atoms. The van der Waals surface area contributed by atoms with E-state index in [1.807, 2.05) is 0 Å². The summed E-state index contributed by atoms with van der Waals surface area (Å²) in [6.45, 7) is 0.336. The molecule has 0 saturated carbocycles. The molecule has 0 saturated heterocycles. The smallest absolute Gasteiger partial charge is 0.0391 e. The van der Waals surface area contributed by atoms with E-state index < -0.39 is 5.73 Å². The van der Waals surface area contributed by atoms with Crippen molar-refractivity contribution in [1.82, 2.24) is 0 Å². The summed E-state index contributed by atoms with van der Waals surface area (Å²) in [5.74, 6) is 0. The van der Waals surface area contributed by atoms with E-state index in [1.54, 1.807) is 0 Å². The maximum absolute atomic E-state index is 6.57. The van der Waals surface area contributed by atoms with Gasteiger partial charge in [0.25, 0.3) is 0 Å². The second-order valence-corrected chi connectivity index (χ2v) is 0.783. The highest BCUT2D eigenvalue weighted by molar-refractivity contribution is 7.80. The van der Waals surface area contributed by atoms with Gasteiger partial charge in [0.05, 0.1) is 0 Å². The first-order chi connectivity index (χ1) is 2.27. The molecule has 0 aliphatic heterocycles. The molecule has 0 fully saturated rings. The fourth-order valence-electron chi connectivity index (χ4n) is 0. The number of hydrogen-bond donors (Lipinski definition) is 2. The zero-order valence-electron chi connectivity index (χ0n) is 3.31. The third kappa shape index (κ3) is 2.31. The minimum absolute atomic E-state index is 0.336. The molecule has 0 heterocycles. The average Bonchev–Trinajstić information content (AvgIpc) is 1.38. The Morgan fingerprint density at radius 2 is 2.50 bits per heavy atom. The lowest BCUT2D eigenvalue weighted by Gasteiger charge is -1.69. The van der Waals surface area contributed by atoms with Crippen LogP contribution in [-0.4, -0.2) is 12.3 Å². The second kappa shape index (κ2) is 3.31. The van der Waals surface area contributed by atoms with Gasteiger partial charge in [-0.3, -0.25) is 0 Å². The zero-order valence-corrected chi connectivity index (χ0v) is 3.20. The minimum Gasteiger partial charge on any atom is -0.330 e. The molecule has 26 valence electrons. The normalized spacial score (nSPS) is 19.0. The van der Waals surface area contributed by atoms with Crippen molar-refractivity contribution in [1.29, 1.82) is 0 Å². The molecule has 0 amide bonds. The minimum atomic E-state index is -0.394. The maximum atomic E-state index is 6.57. The molecule has 2 heteroatoms. The molecule has 0 aromatic carbocycles. The Kier molecular flexibility index (Phi) is 2.10. The summed E-state index contributed by atoms with van der Waals surface area (Å²) >= 11 is 3.64. The Balaban J connectivity index is 2.54. The summed E-state index contributed by atoms with van der Waals surface area (Å²) in [5, 5.41) is 0. The van der Waals surface area contributed by atoms with E-state index in [4.69, 9.17) is 7.10 Å². The lowest BCUT2D eigenvalue weighted by molar-refractivity contribution is 1.16. The lowest BCUT2D eigenvalue weighted by atomic mass is 10.8. The van der Waals surface area contributed by atoms with Crippen LogP contribution in [0, 0.1) is 0 Å². The monoisotopic (exact) mass is 78.0 g/mol. The van der Waals surface area contributed by atoms with Gasteiger partial charge in [-0.2, -0.15) is 12.6 Å². The summed E-state index contributed by atoms with van der Waals surface area (Å²) in [5.41, 5.74) is 4.51. The standard InChI is InChI=1S/C2H7NS/c3-1-2-4/h4H,1-3H2/i2D. The molecule has 0 spiro atoms. The van der Waals surface area contributed by atoms with Gasteiger partial charge in [-0.05, 0) is 0 Å². The van der Waals surface area contributed by atoms with Crippen LogP contribution in [0.4, 0.5) is 0 Å². The van der Waals surface area contributed by atoms with Crippen LogP contribution in [0.5, 0.6) is 0 Å². The Hall–Kier alpha value is 0.310. The van der Waals surface area contributed by atoms with Crippen molar-refractivity contribution >= 4 is 12.6 Å². The van der Waals surface area contributed by atoms with Crippen molar-refractivity contribution in [3.8, 4) is 0 Å². The number of hydrogen-bond acceptors (Lipinski definition) is 2. The Morgan fingerprint density at radius 3 is 2.50 bits per heavy atom. The third-order valence-corrected chi connectivity index (χ3v) is 0.316. The molecule has 0 aromatic heterocycles. The summed E-state index contributed by atoms with van der Waals surface area (Å²) in [4.78, 5) is 0. The van der Waals surface area contributed by atoms with Gasteiger partial charge in [0, 0.05) is 13.6 Å². The molecular formula is C2H7NS. The molecule has 0 rings (SSSR count). The molecular weight excluding hydrogens is 70.1 g/mol. The van der Waals surface area contributed by atoms with Gasteiger partial charge in [-0.25, -0.2) is 0 Å². The Bertz CT molecular complexity index is 23.6. The van der Waals surface area contributed by atoms with Crippen molar-refractivity contribution in [2.75, 3.05) is 12.3 Å². The highest BCUT2D eigenvalue weighted by atomic mass is 32.1. The van der Waals surface area contributed by atoms with Crippen LogP contribution in [-0.2, 0) is 0 Å². The first-order valence-electron chi connectivity index (χ1n) is 1.65. The lowest BCUT2D eigenvalue weighted by Crippen LogP contribution is -1.97. The van der Waals surface area contributed by atoms with E-state index in [9.17, 15) is 0 Å². The molecule has 1 unspecified atom stereocenters. The third-order valence-electron chi connectivity index (χ3n) is 0.105. The van der Waals surface area contributed by atoms with Gasteiger partial charge in [-0.1, -0.05) is 0 Å². The van der Waals surface area contributed by atoms with Crippen molar-refractivity contribution in [3.63, 3.8) is 0 Å². The van der Waals surface area contributed by atoms with Crippen LogP contribution in [0.3, 0.4) is 0 Å². The molecule has 0 aliphatic rings. The summed E-state index contributed by atoms with van der Waals surface area (Å²) in [6.07, 6.45) is 0. The van der Waals surface area contributed by atoms with E-state index in [2.05, 4.69) is 12.6 Å². The zero-order chi connectivity index (χ0) is 4.28. The Morgan fingerprint density at radius 1 is 2.25 bits per heavy atom. The second-order valence-electron chi connectivity index (χ2n) is 0.418. The number of nitrogens with two attached hydrogens (primary N) is 1. The van der Waals surface area contributed by atoms with Gasteiger partial charge in [0.15, 0.2) is 0 Å². The molecule has 0 radical (unpaired) electrons. The van der Waals surface area contributed by atoms with Crippen molar-refractivity contribution in [3.05, 3.63) is 0 Å². The first-order valence-corrected chi connectivity index (χ1v) is 1.59. The largest absolute Gasteiger partial charge is 0.330 e. The van der Waals surface area contributed by atoms with Crippen LogP contribution < -0.4 is 5.73 Å². The predicted molar refractivity (Wildman–Crippen MR) is 22.9 cm³/mol. The molecule has 1 nitrogen and oxygen atoms in total. The van der Waals surface area contributed by atoms with Crippen LogP contribution in [0.1, 0.15) is 1.37 Å². The molecule has 1 atom stereocenters. The quantitative estimate of drug-likeness (QED) is 0.420. The van der Waals surface area contributed by atoms with Crippen LogP contribution >= 0.6 is 12.6 Å². The summed E-state index contributed by atoms with van der Waals surface area (Å²) in [7, 11) is 0. The van der Waals surface area contributed by atoms with E-state index in [0.29, 0.717) is 6.54 Å². The van der Waals surface area contributed by atoms with E-state index in [-0.39, 0.29) is 0 Å². The first kappa shape index (κ1) is 2.54. The predicted octanol–water partition coefficient (Wildman–Crippen LogP) is -0.125. The van der Waals surface area contributed by atoms with Gasteiger partial charge in [-0.15, -0.1) is 0 Å². The number of thiol groups is 1. The molecule has 0 aliphatic carbocycles. The van der Waals surface area contributed by atoms with Crippen LogP contribution in [0.25, 0.3) is 0 Å². The SMILES string of the molecule is [2H]C(S)CN. The van der Waals surface area contributed by atoms with Crippen LogP contribution in [0.2, 0.25) is 0 Å². The van der Waals surface area contributed by atoms with E-state index in [1.165, 1.54) is 0 Å². The van der Waals surface area contributed by atoms with Gasteiger partial charge in [0.2, 0.25) is 0 Å². The maximum Gasteiger partial charge on any atom is 0.0391 e. The summed E-state index contributed by atoms with van der Waals surface area (Å²) < 4.78 is 6.57. The fourth-order valence-corrected chi connectivity index (χ4v) is 0. The van der Waals surface area contributed by atoms with Crippen LogP contribution in [0.15, 0.2) is 0 Å².